The number of ether oxygens (including phenoxy) is 2. The Morgan fingerprint density at radius 2 is 2.65 bits per heavy atom. The smallest absolute Gasteiger partial charge is 0.414 e. The third-order valence-electron chi connectivity index (χ3n) is 2.19. The Balaban J connectivity index is 2.03. The van der Waals surface area contributed by atoms with Crippen LogP contribution in [0, 0.1) is 10.1 Å². The van der Waals surface area contributed by atoms with Gasteiger partial charge in [0.1, 0.15) is 18.9 Å². The van der Waals surface area contributed by atoms with Crippen molar-refractivity contribution in [1.29, 1.82) is 0 Å². The normalized spacial score (nSPS) is 18.3. The summed E-state index contributed by atoms with van der Waals surface area (Å²) in [5.74, 6) is -0.217. The van der Waals surface area contributed by atoms with E-state index in [1.165, 1.54) is 6.20 Å². The molecule has 1 atom stereocenters. The second-order valence-corrected chi connectivity index (χ2v) is 4.67. The quantitative estimate of drug-likeness (QED) is 0.622. The number of rotatable bonds is 4. The van der Waals surface area contributed by atoms with E-state index in [0.717, 1.165) is 4.48 Å². The molecule has 1 aliphatic rings. The van der Waals surface area contributed by atoms with Gasteiger partial charge in [0.15, 0.2) is 0 Å². The Labute approximate surface area is 105 Å². The summed E-state index contributed by atoms with van der Waals surface area (Å²) < 4.78 is 13.1. The average Bonchev–Trinajstić information content (AvgIpc) is 2.69. The molecule has 0 aliphatic carbocycles. The molecule has 2 heterocycles. The highest BCUT2D eigenvalue weighted by molar-refractivity contribution is 9.11. The van der Waals surface area contributed by atoms with Crippen molar-refractivity contribution in [3.63, 3.8) is 0 Å². The van der Waals surface area contributed by atoms with Gasteiger partial charge in [-0.05, 0) is 4.92 Å². The van der Waals surface area contributed by atoms with Gasteiger partial charge in [-0.25, -0.2) is 0 Å². The van der Waals surface area contributed by atoms with Crippen LogP contribution in [0.5, 0.6) is 6.01 Å². The maximum Gasteiger partial charge on any atom is 0.414 e. The minimum atomic E-state index is -0.551. The highest BCUT2D eigenvalue weighted by Gasteiger charge is 2.28. The lowest BCUT2D eigenvalue weighted by Crippen LogP contribution is -2.32. The van der Waals surface area contributed by atoms with E-state index >= 15 is 0 Å². The molecule has 0 saturated heterocycles. The molecular formula is C9H10BrN3O4. The Morgan fingerprint density at radius 1 is 1.88 bits per heavy atom. The molecule has 2 rings (SSSR count). The van der Waals surface area contributed by atoms with Gasteiger partial charge in [-0.3, -0.25) is 4.57 Å². The Morgan fingerprint density at radius 3 is 3.29 bits per heavy atom. The van der Waals surface area contributed by atoms with E-state index in [-0.39, 0.29) is 17.9 Å². The van der Waals surface area contributed by atoms with E-state index in [2.05, 4.69) is 27.5 Å². The minimum Gasteiger partial charge on any atom is -0.443 e. The minimum absolute atomic E-state index is 0.161. The molecule has 0 unspecified atom stereocenters. The summed E-state index contributed by atoms with van der Waals surface area (Å²) in [4.78, 5) is 13.7. The van der Waals surface area contributed by atoms with Crippen molar-refractivity contribution in [2.75, 3.05) is 13.2 Å². The lowest BCUT2D eigenvalue weighted by molar-refractivity contribution is -0.389. The summed E-state index contributed by atoms with van der Waals surface area (Å²) in [6.45, 7) is 4.84. The molecule has 0 spiro atoms. The van der Waals surface area contributed by atoms with Crippen LogP contribution in [0.15, 0.2) is 17.3 Å². The number of fused-ring (bicyclic) bond motifs is 1. The molecule has 0 radical (unpaired) electrons. The number of hydrogen-bond donors (Lipinski definition) is 0. The summed E-state index contributed by atoms with van der Waals surface area (Å²) in [5.41, 5.74) is 0. The fourth-order valence-corrected chi connectivity index (χ4v) is 1.60. The molecule has 17 heavy (non-hydrogen) atoms. The van der Waals surface area contributed by atoms with Gasteiger partial charge in [-0.15, -0.1) is 0 Å². The van der Waals surface area contributed by atoms with Crippen molar-refractivity contribution in [2.45, 2.75) is 12.6 Å². The highest BCUT2D eigenvalue weighted by atomic mass is 79.9. The zero-order chi connectivity index (χ0) is 12.4. The van der Waals surface area contributed by atoms with E-state index in [1.807, 2.05) is 0 Å². The zero-order valence-corrected chi connectivity index (χ0v) is 10.4. The average molecular weight is 304 g/mol. The predicted molar refractivity (Wildman–Crippen MR) is 62.2 cm³/mol. The molecule has 0 fully saturated rings. The van der Waals surface area contributed by atoms with Gasteiger partial charge in [-0.2, -0.15) is 0 Å². The summed E-state index contributed by atoms with van der Waals surface area (Å²) in [7, 11) is 0. The Kier molecular flexibility index (Phi) is 3.43. The van der Waals surface area contributed by atoms with Crippen LogP contribution in [-0.4, -0.2) is 33.8 Å². The topological polar surface area (TPSA) is 79.4 Å². The third kappa shape index (κ3) is 2.83. The predicted octanol–water partition coefficient (Wildman–Crippen LogP) is 1.48. The lowest BCUT2D eigenvalue weighted by Gasteiger charge is -2.22. The van der Waals surface area contributed by atoms with Crippen LogP contribution in [0.3, 0.4) is 0 Å². The van der Waals surface area contributed by atoms with Crippen LogP contribution in [0.4, 0.5) is 5.82 Å². The van der Waals surface area contributed by atoms with E-state index in [0.29, 0.717) is 19.8 Å². The molecule has 1 aliphatic heterocycles. The van der Waals surface area contributed by atoms with Crippen LogP contribution in [0.25, 0.3) is 0 Å². The molecule has 1 aromatic rings. The van der Waals surface area contributed by atoms with Crippen LogP contribution in [0.1, 0.15) is 0 Å². The van der Waals surface area contributed by atoms with Crippen LogP contribution < -0.4 is 4.74 Å². The van der Waals surface area contributed by atoms with Crippen molar-refractivity contribution < 1.29 is 14.4 Å². The monoisotopic (exact) mass is 303 g/mol. The number of nitrogens with zero attached hydrogens (tertiary/aromatic N) is 3. The summed E-state index contributed by atoms with van der Waals surface area (Å²) in [5, 5.41) is 10.5. The first-order valence-electron chi connectivity index (χ1n) is 4.85. The van der Waals surface area contributed by atoms with Crippen LogP contribution >= 0.6 is 15.9 Å². The molecule has 0 amide bonds. The van der Waals surface area contributed by atoms with Crippen molar-refractivity contribution in [2.24, 2.45) is 0 Å². The highest BCUT2D eigenvalue weighted by Crippen LogP contribution is 2.22. The number of aromatic nitrogens is 2. The molecule has 0 N–H and O–H groups in total. The molecule has 0 aromatic carbocycles. The standard InChI is InChI=1S/C9H10BrN3O4/c1-6(10)4-16-7-2-12-3-8(13(14)15)11-9(12)17-5-7/h3,7H,1-2,4-5H2/t7-/m0/s1. The van der Waals surface area contributed by atoms with Crippen molar-refractivity contribution in [3.05, 3.63) is 27.4 Å². The second kappa shape index (κ2) is 4.84. The fraction of sp³-hybridized carbons (Fsp3) is 0.444. The molecule has 1 aromatic heterocycles. The molecule has 8 heteroatoms. The first-order valence-corrected chi connectivity index (χ1v) is 5.65. The van der Waals surface area contributed by atoms with Crippen molar-refractivity contribution in [3.8, 4) is 6.01 Å². The van der Waals surface area contributed by atoms with E-state index < -0.39 is 4.92 Å². The molecular weight excluding hydrogens is 294 g/mol. The fourth-order valence-electron chi connectivity index (χ4n) is 1.47. The van der Waals surface area contributed by atoms with Gasteiger partial charge in [-0.1, -0.05) is 22.5 Å². The molecule has 7 nitrogen and oxygen atoms in total. The van der Waals surface area contributed by atoms with Crippen LogP contribution in [0.2, 0.25) is 0 Å². The Bertz CT molecular complexity index is 459. The second-order valence-electron chi connectivity index (χ2n) is 3.55. The third-order valence-corrected chi connectivity index (χ3v) is 2.42. The van der Waals surface area contributed by atoms with E-state index in [9.17, 15) is 10.1 Å². The van der Waals surface area contributed by atoms with E-state index in [4.69, 9.17) is 9.47 Å². The maximum absolute atomic E-state index is 10.5. The van der Waals surface area contributed by atoms with Gasteiger partial charge in [0, 0.05) is 9.47 Å². The summed E-state index contributed by atoms with van der Waals surface area (Å²) in [6, 6.07) is 0.259. The first kappa shape index (κ1) is 12.1. The number of nitro groups is 1. The first-order chi connectivity index (χ1) is 8.06. The van der Waals surface area contributed by atoms with Gasteiger partial charge in [0.25, 0.3) is 0 Å². The zero-order valence-electron chi connectivity index (χ0n) is 8.84. The van der Waals surface area contributed by atoms with Crippen molar-refractivity contribution in [1.82, 2.24) is 9.55 Å². The number of hydrogen-bond acceptors (Lipinski definition) is 5. The Hall–Kier alpha value is -1.41. The molecule has 92 valence electrons. The molecule has 0 saturated carbocycles. The van der Waals surface area contributed by atoms with Gasteiger partial charge in [0.2, 0.25) is 0 Å². The SMILES string of the molecule is C=C(Br)CO[C@@H]1COc2nc([N+](=O)[O-])cn2C1. The lowest BCUT2D eigenvalue weighted by atomic mass is 10.3. The largest absolute Gasteiger partial charge is 0.443 e. The number of imidazole rings is 1. The van der Waals surface area contributed by atoms with E-state index in [1.54, 1.807) is 4.57 Å². The van der Waals surface area contributed by atoms with Gasteiger partial charge < -0.3 is 19.6 Å². The maximum atomic E-state index is 10.5. The number of halogens is 1. The molecule has 0 bridgehead atoms. The summed E-state index contributed by atoms with van der Waals surface area (Å²) in [6.07, 6.45) is 1.18. The van der Waals surface area contributed by atoms with Gasteiger partial charge >= 0.3 is 11.8 Å². The van der Waals surface area contributed by atoms with Gasteiger partial charge in [0.05, 0.1) is 13.2 Å². The van der Waals surface area contributed by atoms with Crippen molar-refractivity contribution >= 4 is 21.7 Å². The van der Waals surface area contributed by atoms with Crippen LogP contribution in [-0.2, 0) is 11.3 Å². The summed E-state index contributed by atoms with van der Waals surface area (Å²) >= 11 is 3.19.